The van der Waals surface area contributed by atoms with Crippen LogP contribution < -0.4 is 5.73 Å². The number of hydrogen-bond donors (Lipinski definition) is 1. The monoisotopic (exact) mass is 271 g/mol. The fraction of sp³-hybridized carbons (Fsp3) is 0.500. The Labute approximate surface area is 119 Å². The third-order valence-electron chi connectivity index (χ3n) is 4.15. The number of nitrogens with two attached hydrogens (primary N) is 1. The molecule has 0 aliphatic heterocycles. The maximum Gasteiger partial charge on any atom is 0.258 e. The van der Waals surface area contributed by atoms with Crippen molar-refractivity contribution < 1.29 is 4.52 Å². The van der Waals surface area contributed by atoms with Crippen LogP contribution in [-0.2, 0) is 0 Å². The van der Waals surface area contributed by atoms with E-state index in [-0.39, 0.29) is 0 Å². The topological polar surface area (TPSA) is 64.9 Å². The molecular weight excluding hydrogens is 250 g/mol. The summed E-state index contributed by atoms with van der Waals surface area (Å²) in [4.78, 5) is 4.61. The van der Waals surface area contributed by atoms with Gasteiger partial charge in [0.25, 0.3) is 5.89 Å². The zero-order chi connectivity index (χ0) is 13.9. The molecule has 2 N–H and O–H groups in total. The molecule has 0 bridgehead atoms. The summed E-state index contributed by atoms with van der Waals surface area (Å²) >= 11 is 0. The van der Waals surface area contributed by atoms with E-state index in [2.05, 4.69) is 10.1 Å². The molecule has 2 aromatic rings. The van der Waals surface area contributed by atoms with Crippen molar-refractivity contribution in [2.45, 2.75) is 51.4 Å². The molecular formula is C16H21N3O. The van der Waals surface area contributed by atoms with Crippen LogP contribution in [0.3, 0.4) is 0 Å². The highest BCUT2D eigenvalue weighted by atomic mass is 16.5. The quantitative estimate of drug-likeness (QED) is 0.660. The minimum absolute atomic E-state index is 0.455. The SMILES string of the molecule is Cc1ccc(N)cc1-c1nc(C2CCCCCC2)no1. The average Bonchev–Trinajstić information content (AvgIpc) is 2.77. The first-order chi connectivity index (χ1) is 9.74. The van der Waals surface area contributed by atoms with Crippen molar-refractivity contribution in [2.75, 3.05) is 5.73 Å². The van der Waals surface area contributed by atoms with Crippen LogP contribution in [0.4, 0.5) is 5.69 Å². The van der Waals surface area contributed by atoms with E-state index in [1.165, 1.54) is 38.5 Å². The van der Waals surface area contributed by atoms with Gasteiger partial charge in [0.1, 0.15) is 0 Å². The fourth-order valence-corrected chi connectivity index (χ4v) is 2.92. The smallest absolute Gasteiger partial charge is 0.258 e. The number of aromatic nitrogens is 2. The van der Waals surface area contributed by atoms with Crippen molar-refractivity contribution in [2.24, 2.45) is 0 Å². The number of rotatable bonds is 2. The van der Waals surface area contributed by atoms with Gasteiger partial charge in [-0.2, -0.15) is 4.98 Å². The van der Waals surface area contributed by atoms with Crippen LogP contribution >= 0.6 is 0 Å². The van der Waals surface area contributed by atoms with Crippen molar-refractivity contribution in [3.8, 4) is 11.5 Å². The lowest BCUT2D eigenvalue weighted by molar-refractivity contribution is 0.409. The molecule has 1 aromatic heterocycles. The van der Waals surface area contributed by atoms with E-state index < -0.39 is 0 Å². The number of nitrogens with zero attached hydrogens (tertiary/aromatic N) is 2. The molecule has 1 aromatic carbocycles. The molecule has 4 heteroatoms. The Morgan fingerprint density at radius 1 is 1.15 bits per heavy atom. The van der Waals surface area contributed by atoms with E-state index in [1.54, 1.807) is 0 Å². The highest BCUT2D eigenvalue weighted by Crippen LogP contribution is 2.32. The highest BCUT2D eigenvalue weighted by molar-refractivity contribution is 5.63. The molecule has 0 atom stereocenters. The number of anilines is 1. The summed E-state index contributed by atoms with van der Waals surface area (Å²) in [7, 11) is 0. The summed E-state index contributed by atoms with van der Waals surface area (Å²) in [5, 5.41) is 4.20. The number of nitrogen functional groups attached to an aromatic ring is 1. The highest BCUT2D eigenvalue weighted by Gasteiger charge is 2.21. The summed E-state index contributed by atoms with van der Waals surface area (Å²) in [5.41, 5.74) is 8.62. The molecule has 20 heavy (non-hydrogen) atoms. The molecule has 1 fully saturated rings. The van der Waals surface area contributed by atoms with Crippen LogP contribution in [0.15, 0.2) is 22.7 Å². The molecule has 0 spiro atoms. The zero-order valence-electron chi connectivity index (χ0n) is 11.9. The first kappa shape index (κ1) is 13.2. The fourth-order valence-electron chi connectivity index (χ4n) is 2.92. The molecule has 106 valence electrons. The lowest BCUT2D eigenvalue weighted by Crippen LogP contribution is -1.99. The summed E-state index contributed by atoms with van der Waals surface area (Å²) in [6.45, 7) is 2.03. The summed E-state index contributed by atoms with van der Waals surface area (Å²) in [6.07, 6.45) is 7.55. The lowest BCUT2D eigenvalue weighted by Gasteiger charge is -2.07. The van der Waals surface area contributed by atoms with E-state index in [9.17, 15) is 0 Å². The average molecular weight is 271 g/mol. The second-order valence-electron chi connectivity index (χ2n) is 5.72. The number of hydrogen-bond acceptors (Lipinski definition) is 4. The maximum absolute atomic E-state index is 5.85. The minimum Gasteiger partial charge on any atom is -0.399 e. The third kappa shape index (κ3) is 2.69. The molecule has 1 heterocycles. The predicted octanol–water partition coefficient (Wildman–Crippen LogP) is 4.07. The van der Waals surface area contributed by atoms with Crippen molar-refractivity contribution in [3.05, 3.63) is 29.6 Å². The third-order valence-corrected chi connectivity index (χ3v) is 4.15. The van der Waals surface area contributed by atoms with Crippen molar-refractivity contribution in [3.63, 3.8) is 0 Å². The van der Waals surface area contributed by atoms with Gasteiger partial charge in [0.15, 0.2) is 5.82 Å². The maximum atomic E-state index is 5.85. The largest absolute Gasteiger partial charge is 0.399 e. The second kappa shape index (κ2) is 5.65. The number of aryl methyl sites for hydroxylation is 1. The predicted molar refractivity (Wildman–Crippen MR) is 79.3 cm³/mol. The molecule has 0 radical (unpaired) electrons. The molecule has 0 saturated heterocycles. The van der Waals surface area contributed by atoms with Gasteiger partial charge in [-0.05, 0) is 37.5 Å². The molecule has 3 rings (SSSR count). The van der Waals surface area contributed by atoms with E-state index in [1.807, 2.05) is 25.1 Å². The molecule has 0 unspecified atom stereocenters. The van der Waals surface area contributed by atoms with Gasteiger partial charge in [-0.1, -0.05) is 36.9 Å². The van der Waals surface area contributed by atoms with Gasteiger partial charge in [-0.15, -0.1) is 0 Å². The van der Waals surface area contributed by atoms with Gasteiger partial charge in [0.05, 0.1) is 0 Å². The molecule has 1 aliphatic rings. The summed E-state index contributed by atoms with van der Waals surface area (Å²) in [5.74, 6) is 1.91. The Balaban J connectivity index is 1.87. The molecule has 4 nitrogen and oxygen atoms in total. The van der Waals surface area contributed by atoms with Crippen LogP contribution in [0, 0.1) is 6.92 Å². The summed E-state index contributed by atoms with van der Waals surface area (Å²) < 4.78 is 5.46. The first-order valence-corrected chi connectivity index (χ1v) is 7.44. The Morgan fingerprint density at radius 3 is 2.65 bits per heavy atom. The van der Waals surface area contributed by atoms with Crippen LogP contribution in [0.2, 0.25) is 0 Å². The first-order valence-electron chi connectivity index (χ1n) is 7.44. The van der Waals surface area contributed by atoms with E-state index in [0.29, 0.717) is 11.8 Å². The Bertz CT molecular complexity index is 583. The van der Waals surface area contributed by atoms with Crippen LogP contribution in [-0.4, -0.2) is 10.1 Å². The Hall–Kier alpha value is -1.84. The van der Waals surface area contributed by atoms with Gasteiger partial charge in [-0.25, -0.2) is 0 Å². The summed E-state index contributed by atoms with van der Waals surface area (Å²) in [6, 6.07) is 5.78. The van der Waals surface area contributed by atoms with E-state index >= 15 is 0 Å². The van der Waals surface area contributed by atoms with E-state index in [0.717, 1.165) is 22.6 Å². The van der Waals surface area contributed by atoms with E-state index in [4.69, 9.17) is 10.3 Å². The van der Waals surface area contributed by atoms with Gasteiger partial charge in [-0.3, -0.25) is 0 Å². The van der Waals surface area contributed by atoms with Gasteiger partial charge in [0.2, 0.25) is 0 Å². The minimum atomic E-state index is 0.455. The normalized spacial score (nSPS) is 17.1. The molecule has 1 saturated carbocycles. The van der Waals surface area contributed by atoms with Crippen LogP contribution in [0.25, 0.3) is 11.5 Å². The van der Waals surface area contributed by atoms with Crippen LogP contribution in [0.1, 0.15) is 55.8 Å². The van der Waals surface area contributed by atoms with Gasteiger partial charge in [0, 0.05) is 17.2 Å². The lowest BCUT2D eigenvalue weighted by atomic mass is 10.00. The Morgan fingerprint density at radius 2 is 1.90 bits per heavy atom. The van der Waals surface area contributed by atoms with Crippen LogP contribution in [0.5, 0.6) is 0 Å². The van der Waals surface area contributed by atoms with Gasteiger partial charge >= 0.3 is 0 Å². The zero-order valence-corrected chi connectivity index (χ0v) is 11.9. The standard InChI is InChI=1S/C16H21N3O/c1-11-8-9-13(17)10-14(11)16-18-15(19-20-16)12-6-4-2-3-5-7-12/h8-10,12H,2-7,17H2,1H3. The second-order valence-corrected chi connectivity index (χ2v) is 5.72. The molecule has 1 aliphatic carbocycles. The number of benzene rings is 1. The van der Waals surface area contributed by atoms with Gasteiger partial charge < -0.3 is 10.3 Å². The van der Waals surface area contributed by atoms with Crippen molar-refractivity contribution in [1.29, 1.82) is 0 Å². The Kier molecular flexibility index (Phi) is 3.72. The van der Waals surface area contributed by atoms with Crippen molar-refractivity contribution in [1.82, 2.24) is 10.1 Å². The molecule has 0 amide bonds. The van der Waals surface area contributed by atoms with Crippen molar-refractivity contribution >= 4 is 5.69 Å².